The molecule has 6 nitrogen and oxygen atoms in total. The van der Waals surface area contributed by atoms with E-state index in [2.05, 4.69) is 189 Å². The summed E-state index contributed by atoms with van der Waals surface area (Å²) >= 11 is 0. The van der Waals surface area contributed by atoms with Gasteiger partial charge in [0.15, 0.2) is 5.69 Å². The molecule has 0 unspecified atom stereocenters. The van der Waals surface area contributed by atoms with E-state index in [1.807, 2.05) is 30.3 Å². The Balaban J connectivity index is 1.12. The van der Waals surface area contributed by atoms with Crippen LogP contribution >= 0.6 is 0 Å². The van der Waals surface area contributed by atoms with E-state index in [-0.39, 0.29) is 6.71 Å². The number of nitrogens with zero attached hydrogens (tertiary/aromatic N) is 6. The number of aromatic nitrogens is 1. The molecule has 0 spiro atoms. The number of hydrogen-bond acceptors (Lipinski definition) is 4. The Morgan fingerprint density at radius 1 is 0.438 bits per heavy atom. The Labute approximate surface area is 370 Å². The second-order valence-electron chi connectivity index (χ2n) is 16.2. The van der Waals surface area contributed by atoms with Gasteiger partial charge in [0.05, 0.1) is 41.0 Å². The standard InChI is InChI=1S/C57H33BN6/c1-61-49-31-38(36-60)24-27-43(49)45-30-37(35-59)25-28-51(45)64-50-21-11-8-18-44(50)46-32-39(26-29-52(46)64)40-33-55-57-56(34-40)63(42-16-6-3-7-17-42)54-23-13-10-20-48(54)58(57)47-19-9-12-22-53(47)62(55)41-14-4-2-5-15-41/h2-34H. The third kappa shape index (κ3) is 5.51. The van der Waals surface area contributed by atoms with E-state index >= 15 is 0 Å². The maximum absolute atomic E-state index is 10.0. The van der Waals surface area contributed by atoms with Gasteiger partial charge in [-0.15, -0.1) is 0 Å². The Hall–Kier alpha value is -9.09. The molecule has 64 heavy (non-hydrogen) atoms. The van der Waals surface area contributed by atoms with E-state index < -0.39 is 0 Å². The summed E-state index contributed by atoms with van der Waals surface area (Å²) in [5.41, 5.74) is 18.3. The first kappa shape index (κ1) is 36.7. The summed E-state index contributed by atoms with van der Waals surface area (Å²) in [4.78, 5) is 8.70. The van der Waals surface area contributed by atoms with Crippen LogP contribution in [0.2, 0.25) is 0 Å². The minimum Gasteiger partial charge on any atom is -0.311 e. The molecule has 10 aromatic rings. The van der Waals surface area contributed by atoms with Gasteiger partial charge in [0.1, 0.15) is 0 Å². The molecule has 12 rings (SSSR count). The Morgan fingerprint density at radius 2 is 1.00 bits per heavy atom. The van der Waals surface area contributed by atoms with Crippen LogP contribution in [0.1, 0.15) is 11.1 Å². The fourth-order valence-electron chi connectivity index (χ4n) is 10.1. The summed E-state index contributed by atoms with van der Waals surface area (Å²) < 4.78 is 2.24. The molecule has 2 aliphatic rings. The van der Waals surface area contributed by atoms with Crippen LogP contribution in [0.15, 0.2) is 200 Å². The first-order valence-corrected chi connectivity index (χ1v) is 21.2. The lowest BCUT2D eigenvalue weighted by atomic mass is 9.33. The van der Waals surface area contributed by atoms with Gasteiger partial charge in [-0.05, 0) is 136 Å². The molecule has 0 atom stereocenters. The molecule has 0 aliphatic carbocycles. The summed E-state index contributed by atoms with van der Waals surface area (Å²) in [5, 5.41) is 21.9. The minimum atomic E-state index is 0.0212. The second-order valence-corrected chi connectivity index (χ2v) is 16.2. The fraction of sp³-hybridized carbons (Fsp3) is 0. The molecule has 9 aromatic carbocycles. The van der Waals surface area contributed by atoms with Crippen LogP contribution in [0.4, 0.5) is 39.8 Å². The number of anilines is 6. The molecule has 0 bridgehead atoms. The maximum Gasteiger partial charge on any atom is 0.252 e. The van der Waals surface area contributed by atoms with Crippen LogP contribution in [0.3, 0.4) is 0 Å². The first-order chi connectivity index (χ1) is 31.6. The van der Waals surface area contributed by atoms with Gasteiger partial charge < -0.3 is 14.4 Å². The van der Waals surface area contributed by atoms with E-state index in [0.717, 1.165) is 78.3 Å². The third-order valence-electron chi connectivity index (χ3n) is 12.8. The van der Waals surface area contributed by atoms with Gasteiger partial charge >= 0.3 is 0 Å². The monoisotopic (exact) mass is 812 g/mol. The van der Waals surface area contributed by atoms with Crippen molar-refractivity contribution in [3.63, 3.8) is 0 Å². The van der Waals surface area contributed by atoms with Crippen LogP contribution < -0.4 is 26.2 Å². The molecule has 1 aromatic heterocycles. The Morgan fingerprint density at radius 3 is 1.64 bits per heavy atom. The van der Waals surface area contributed by atoms with Crippen LogP contribution in [0.5, 0.6) is 0 Å². The highest BCUT2D eigenvalue weighted by Crippen LogP contribution is 2.47. The number of benzene rings is 9. The fourth-order valence-corrected chi connectivity index (χ4v) is 10.1. The molecule has 294 valence electrons. The topological polar surface area (TPSA) is 63.4 Å². The number of hydrogen-bond donors (Lipinski definition) is 0. The SMILES string of the molecule is [C-]#[N+]c1cc(C#N)ccc1-c1cc(C#N)ccc1-n1c2ccccc2c2cc(-c3cc4c5c(c3)N(c3ccccc3)c3ccccc3B5c3ccccc3N4c3ccccc3)ccc21. The number of nitriles is 2. The van der Waals surface area contributed by atoms with Gasteiger partial charge in [0, 0.05) is 50.5 Å². The number of fused-ring (bicyclic) bond motifs is 7. The molecular formula is C57H33BN6. The van der Waals surface area contributed by atoms with E-state index in [0.29, 0.717) is 22.4 Å². The van der Waals surface area contributed by atoms with Gasteiger partial charge in [0.25, 0.3) is 6.71 Å². The zero-order valence-electron chi connectivity index (χ0n) is 34.3. The van der Waals surface area contributed by atoms with Crippen molar-refractivity contribution in [2.75, 3.05) is 9.80 Å². The Kier molecular flexibility index (Phi) is 8.34. The maximum atomic E-state index is 10.0. The third-order valence-corrected chi connectivity index (χ3v) is 12.8. The molecule has 0 saturated carbocycles. The molecule has 0 radical (unpaired) electrons. The number of rotatable bonds is 5. The molecule has 7 heteroatoms. The predicted molar refractivity (Wildman–Crippen MR) is 261 cm³/mol. The average Bonchev–Trinajstić information content (AvgIpc) is 3.69. The lowest BCUT2D eigenvalue weighted by Crippen LogP contribution is -2.61. The second kappa shape index (κ2) is 14.5. The molecule has 2 aliphatic heterocycles. The summed E-state index contributed by atoms with van der Waals surface area (Å²) in [7, 11) is 0. The van der Waals surface area contributed by atoms with Gasteiger partial charge in [0.2, 0.25) is 0 Å². The van der Waals surface area contributed by atoms with Gasteiger partial charge in [-0.1, -0.05) is 103 Å². The van der Waals surface area contributed by atoms with E-state index in [1.54, 1.807) is 12.1 Å². The van der Waals surface area contributed by atoms with Crippen LogP contribution in [-0.2, 0) is 0 Å². The summed E-state index contributed by atoms with van der Waals surface area (Å²) in [6, 6.07) is 74.2. The molecule has 0 fully saturated rings. The highest BCUT2D eigenvalue weighted by Gasteiger charge is 2.43. The highest BCUT2D eigenvalue weighted by atomic mass is 15.2. The molecular weight excluding hydrogens is 779 g/mol. The lowest BCUT2D eigenvalue weighted by molar-refractivity contribution is 1.18. The van der Waals surface area contributed by atoms with Crippen molar-refractivity contribution in [1.82, 2.24) is 4.57 Å². The molecule has 3 heterocycles. The summed E-state index contributed by atoms with van der Waals surface area (Å²) in [6.45, 7) is 8.07. The zero-order chi connectivity index (χ0) is 42.9. The van der Waals surface area contributed by atoms with Crippen molar-refractivity contribution in [2.24, 2.45) is 0 Å². The van der Waals surface area contributed by atoms with Crippen molar-refractivity contribution in [3.8, 4) is 40.1 Å². The van der Waals surface area contributed by atoms with Crippen LogP contribution in [-0.4, -0.2) is 11.3 Å². The van der Waals surface area contributed by atoms with Crippen LogP contribution in [0.25, 0.3) is 54.6 Å². The minimum absolute atomic E-state index is 0.0212. The highest BCUT2D eigenvalue weighted by molar-refractivity contribution is 7.00. The predicted octanol–water partition coefficient (Wildman–Crippen LogP) is 12.5. The van der Waals surface area contributed by atoms with Gasteiger partial charge in [-0.25, -0.2) is 4.85 Å². The lowest BCUT2D eigenvalue weighted by Gasteiger charge is -2.44. The van der Waals surface area contributed by atoms with Gasteiger partial charge in [-0.3, -0.25) is 0 Å². The normalized spacial score (nSPS) is 12.2. The molecule has 0 saturated heterocycles. The Bertz CT molecular complexity index is 3570. The smallest absolute Gasteiger partial charge is 0.252 e. The van der Waals surface area contributed by atoms with Gasteiger partial charge in [-0.2, -0.15) is 10.5 Å². The van der Waals surface area contributed by atoms with Crippen LogP contribution in [0, 0.1) is 29.2 Å². The average molecular weight is 813 g/mol. The van der Waals surface area contributed by atoms with Crippen molar-refractivity contribution in [1.29, 1.82) is 10.5 Å². The van der Waals surface area contributed by atoms with E-state index in [4.69, 9.17) is 6.57 Å². The van der Waals surface area contributed by atoms with Crippen molar-refractivity contribution < 1.29 is 0 Å². The van der Waals surface area contributed by atoms with E-state index in [1.165, 1.54) is 16.4 Å². The summed E-state index contributed by atoms with van der Waals surface area (Å²) in [5.74, 6) is 0. The zero-order valence-corrected chi connectivity index (χ0v) is 34.3. The first-order valence-electron chi connectivity index (χ1n) is 21.2. The summed E-state index contributed by atoms with van der Waals surface area (Å²) in [6.07, 6.45) is 0. The molecule has 0 N–H and O–H groups in total. The van der Waals surface area contributed by atoms with Crippen molar-refractivity contribution >= 4 is 84.7 Å². The number of para-hydroxylation sites is 5. The molecule has 0 amide bonds. The van der Waals surface area contributed by atoms with Crippen molar-refractivity contribution in [3.05, 3.63) is 223 Å². The van der Waals surface area contributed by atoms with E-state index in [9.17, 15) is 10.5 Å². The van der Waals surface area contributed by atoms with Crippen molar-refractivity contribution in [2.45, 2.75) is 0 Å². The quantitative estimate of drug-likeness (QED) is 0.128. The largest absolute Gasteiger partial charge is 0.311 e.